The summed E-state index contributed by atoms with van der Waals surface area (Å²) >= 11 is 0. The quantitative estimate of drug-likeness (QED) is 0.221. The van der Waals surface area contributed by atoms with Crippen molar-refractivity contribution in [2.75, 3.05) is 0 Å². The smallest absolute Gasteiger partial charge is 0.292 e. The molecule has 8 nitrogen and oxygen atoms in total. The standard InChI is InChI=1S/C23H25N3O5/c1-3-4-9-17(22(29)25-31)26-19(16-8-6-5-7-14(16)2)18(21(28)23(26)30)20(27)15-10-12-24-13-11-15/h5-8,10-13,17-19,31H,3-4,9H2,1-2H3,(H,25,29). The maximum absolute atomic E-state index is 13.3. The van der Waals surface area contributed by atoms with Crippen LogP contribution in [0.5, 0.6) is 0 Å². The lowest BCUT2D eigenvalue weighted by Gasteiger charge is -2.33. The molecule has 2 heterocycles. The number of pyridine rings is 1. The van der Waals surface area contributed by atoms with E-state index in [1.54, 1.807) is 17.6 Å². The SMILES string of the molecule is CCCCC(C(=O)NO)N1C(=O)C(=O)C(C(=O)c2ccncc2)C1c1ccccc1C. The summed E-state index contributed by atoms with van der Waals surface area (Å²) < 4.78 is 0. The highest BCUT2D eigenvalue weighted by molar-refractivity contribution is 6.44. The largest absolute Gasteiger partial charge is 0.316 e. The number of benzene rings is 1. The molecule has 0 radical (unpaired) electrons. The van der Waals surface area contributed by atoms with Gasteiger partial charge in [-0.2, -0.15) is 0 Å². The summed E-state index contributed by atoms with van der Waals surface area (Å²) in [6.07, 6.45) is 4.48. The minimum absolute atomic E-state index is 0.250. The highest BCUT2D eigenvalue weighted by Crippen LogP contribution is 2.41. The van der Waals surface area contributed by atoms with Crippen LogP contribution in [0.4, 0.5) is 0 Å². The van der Waals surface area contributed by atoms with Crippen LogP contribution in [0.1, 0.15) is 53.7 Å². The molecule has 1 aromatic heterocycles. The van der Waals surface area contributed by atoms with Crippen LogP contribution in [0, 0.1) is 12.8 Å². The van der Waals surface area contributed by atoms with Gasteiger partial charge in [0, 0.05) is 18.0 Å². The van der Waals surface area contributed by atoms with Gasteiger partial charge < -0.3 is 4.90 Å². The average Bonchev–Trinajstić information content (AvgIpc) is 3.05. The lowest BCUT2D eigenvalue weighted by atomic mass is 9.84. The first-order chi connectivity index (χ1) is 14.9. The Morgan fingerprint density at radius 2 is 1.84 bits per heavy atom. The van der Waals surface area contributed by atoms with Crippen LogP contribution in [0.2, 0.25) is 0 Å². The highest BCUT2D eigenvalue weighted by Gasteiger charge is 2.55. The van der Waals surface area contributed by atoms with E-state index in [-0.39, 0.29) is 12.0 Å². The zero-order valence-electron chi connectivity index (χ0n) is 17.4. The molecule has 0 saturated carbocycles. The van der Waals surface area contributed by atoms with Crippen molar-refractivity contribution in [3.63, 3.8) is 0 Å². The number of aromatic nitrogens is 1. The topological polar surface area (TPSA) is 117 Å². The first kappa shape index (κ1) is 22.3. The van der Waals surface area contributed by atoms with Gasteiger partial charge in [-0.15, -0.1) is 0 Å². The number of hydroxylamine groups is 1. The number of nitrogens with one attached hydrogen (secondary N) is 1. The second-order valence-electron chi connectivity index (χ2n) is 7.59. The molecule has 1 aliphatic heterocycles. The van der Waals surface area contributed by atoms with Crippen molar-refractivity contribution in [3.05, 3.63) is 65.5 Å². The number of unbranched alkanes of at least 4 members (excludes halogenated alkanes) is 1. The van der Waals surface area contributed by atoms with Gasteiger partial charge in [-0.3, -0.25) is 29.4 Å². The van der Waals surface area contributed by atoms with E-state index in [1.165, 1.54) is 29.4 Å². The van der Waals surface area contributed by atoms with Gasteiger partial charge in [0.15, 0.2) is 5.78 Å². The van der Waals surface area contributed by atoms with Gasteiger partial charge in [-0.05, 0) is 36.6 Å². The van der Waals surface area contributed by atoms with E-state index in [2.05, 4.69) is 4.98 Å². The zero-order valence-corrected chi connectivity index (χ0v) is 17.4. The number of ketones is 2. The summed E-state index contributed by atoms with van der Waals surface area (Å²) in [5.41, 5.74) is 3.27. The molecule has 162 valence electrons. The summed E-state index contributed by atoms with van der Waals surface area (Å²) in [7, 11) is 0. The predicted octanol–water partition coefficient (Wildman–Crippen LogP) is 2.41. The summed E-state index contributed by atoms with van der Waals surface area (Å²) in [4.78, 5) is 57.1. The molecule has 2 aromatic rings. The Morgan fingerprint density at radius 1 is 1.16 bits per heavy atom. The minimum atomic E-state index is -1.30. The Labute approximate surface area is 180 Å². The molecule has 1 aromatic carbocycles. The highest BCUT2D eigenvalue weighted by atomic mass is 16.5. The summed E-state index contributed by atoms with van der Waals surface area (Å²) in [5, 5.41) is 9.29. The number of Topliss-reactive ketones (excluding diaryl/α,β-unsaturated/α-hetero) is 2. The van der Waals surface area contributed by atoms with Crippen molar-refractivity contribution in [3.8, 4) is 0 Å². The normalized spacial score (nSPS) is 19.4. The monoisotopic (exact) mass is 423 g/mol. The molecular formula is C23H25N3O5. The van der Waals surface area contributed by atoms with Gasteiger partial charge in [0.25, 0.3) is 11.8 Å². The van der Waals surface area contributed by atoms with Gasteiger partial charge in [0.05, 0.1) is 6.04 Å². The molecule has 0 spiro atoms. The van der Waals surface area contributed by atoms with Gasteiger partial charge in [0.1, 0.15) is 12.0 Å². The number of hydrogen-bond donors (Lipinski definition) is 2. The lowest BCUT2D eigenvalue weighted by Crippen LogP contribution is -2.48. The van der Waals surface area contributed by atoms with E-state index in [9.17, 15) is 24.4 Å². The molecule has 3 atom stereocenters. The van der Waals surface area contributed by atoms with Crippen molar-refractivity contribution in [1.29, 1.82) is 0 Å². The van der Waals surface area contributed by atoms with E-state index >= 15 is 0 Å². The zero-order chi connectivity index (χ0) is 22.5. The third-order valence-electron chi connectivity index (χ3n) is 5.68. The van der Waals surface area contributed by atoms with Gasteiger partial charge in [-0.1, -0.05) is 44.0 Å². The Morgan fingerprint density at radius 3 is 2.45 bits per heavy atom. The van der Waals surface area contributed by atoms with Crippen molar-refractivity contribution >= 4 is 23.4 Å². The van der Waals surface area contributed by atoms with E-state index in [4.69, 9.17) is 0 Å². The number of aryl methyl sites for hydroxylation is 1. The van der Waals surface area contributed by atoms with Crippen LogP contribution in [0.3, 0.4) is 0 Å². The number of hydrogen-bond acceptors (Lipinski definition) is 6. The number of rotatable bonds is 8. The van der Waals surface area contributed by atoms with Gasteiger partial charge >= 0.3 is 0 Å². The number of carbonyl (C=O) groups excluding carboxylic acids is 4. The van der Waals surface area contributed by atoms with Crippen LogP contribution >= 0.6 is 0 Å². The predicted molar refractivity (Wildman–Crippen MR) is 111 cm³/mol. The molecule has 1 fully saturated rings. The molecular weight excluding hydrogens is 398 g/mol. The minimum Gasteiger partial charge on any atom is -0.316 e. The van der Waals surface area contributed by atoms with Crippen LogP contribution in [-0.4, -0.2) is 44.5 Å². The fraction of sp³-hybridized carbons (Fsp3) is 0.348. The second kappa shape index (κ2) is 9.61. The van der Waals surface area contributed by atoms with Crippen molar-refractivity contribution < 1.29 is 24.4 Å². The van der Waals surface area contributed by atoms with Gasteiger partial charge in [-0.25, -0.2) is 5.48 Å². The first-order valence-corrected chi connectivity index (χ1v) is 10.2. The lowest BCUT2D eigenvalue weighted by molar-refractivity contribution is -0.147. The third-order valence-corrected chi connectivity index (χ3v) is 5.68. The van der Waals surface area contributed by atoms with E-state index in [0.29, 0.717) is 12.0 Å². The number of nitrogens with zero attached hydrogens (tertiary/aromatic N) is 2. The van der Waals surface area contributed by atoms with Crippen LogP contribution in [0.15, 0.2) is 48.8 Å². The molecule has 0 aliphatic carbocycles. The Kier molecular flexibility index (Phi) is 6.91. The van der Waals surface area contributed by atoms with E-state index in [0.717, 1.165) is 12.0 Å². The molecule has 31 heavy (non-hydrogen) atoms. The molecule has 1 aliphatic rings. The Hall–Kier alpha value is -3.39. The van der Waals surface area contributed by atoms with Crippen LogP contribution in [0.25, 0.3) is 0 Å². The van der Waals surface area contributed by atoms with E-state index < -0.39 is 41.4 Å². The van der Waals surface area contributed by atoms with Crippen molar-refractivity contribution in [2.24, 2.45) is 5.92 Å². The molecule has 0 bridgehead atoms. The molecule has 3 unspecified atom stereocenters. The fourth-order valence-corrected chi connectivity index (χ4v) is 4.10. The summed E-state index contributed by atoms with van der Waals surface area (Å²) in [5.74, 6) is -4.35. The Balaban J connectivity index is 2.16. The first-order valence-electron chi connectivity index (χ1n) is 10.2. The molecule has 3 rings (SSSR count). The number of amides is 2. The fourth-order valence-electron chi connectivity index (χ4n) is 4.10. The molecule has 2 N–H and O–H groups in total. The van der Waals surface area contributed by atoms with Gasteiger partial charge in [0.2, 0.25) is 5.78 Å². The van der Waals surface area contributed by atoms with Crippen LogP contribution in [-0.2, 0) is 14.4 Å². The molecule has 1 saturated heterocycles. The second-order valence-corrected chi connectivity index (χ2v) is 7.59. The maximum atomic E-state index is 13.3. The van der Waals surface area contributed by atoms with E-state index in [1.807, 2.05) is 26.0 Å². The summed E-state index contributed by atoms with van der Waals surface area (Å²) in [6, 6.07) is 8.09. The number of likely N-dealkylation sites (tertiary alicyclic amines) is 1. The maximum Gasteiger partial charge on any atom is 0.292 e. The van der Waals surface area contributed by atoms with Crippen molar-refractivity contribution in [1.82, 2.24) is 15.4 Å². The summed E-state index contributed by atoms with van der Waals surface area (Å²) in [6.45, 7) is 3.75. The van der Waals surface area contributed by atoms with Crippen molar-refractivity contribution in [2.45, 2.75) is 45.2 Å². The average molecular weight is 423 g/mol. The Bertz CT molecular complexity index is 992. The third kappa shape index (κ3) is 4.25. The number of carbonyl (C=O) groups is 4. The van der Waals surface area contributed by atoms with Crippen LogP contribution < -0.4 is 5.48 Å². The molecule has 2 amide bonds. The molecule has 8 heteroatoms.